The summed E-state index contributed by atoms with van der Waals surface area (Å²) < 4.78 is 0. The van der Waals surface area contributed by atoms with Crippen LogP contribution in [0.5, 0.6) is 0 Å². The molecule has 2 aromatic rings. The maximum atomic E-state index is 12.7. The summed E-state index contributed by atoms with van der Waals surface area (Å²) in [5.41, 5.74) is 0.736. The molecule has 25 heavy (non-hydrogen) atoms. The third kappa shape index (κ3) is 3.62. The molecule has 2 heterocycles. The van der Waals surface area contributed by atoms with E-state index >= 15 is 0 Å². The van der Waals surface area contributed by atoms with Crippen molar-refractivity contribution in [2.75, 3.05) is 12.0 Å². The molecule has 1 atom stereocenters. The average Bonchev–Trinajstić information content (AvgIpc) is 3.23. The first-order valence-electron chi connectivity index (χ1n) is 7.89. The zero-order chi connectivity index (χ0) is 17.8. The molecule has 5 nitrogen and oxygen atoms in total. The molecule has 3 amide bonds. The maximum Gasteiger partial charge on any atom is 0.262 e. The van der Waals surface area contributed by atoms with Crippen LogP contribution in [0.15, 0.2) is 41.8 Å². The molecule has 0 bridgehead atoms. The molecule has 3 rings (SSSR count). The molecular formula is C18H18N2O3S2. The number of hydrogen-bond acceptors (Lipinski definition) is 5. The van der Waals surface area contributed by atoms with Crippen molar-refractivity contribution in [2.24, 2.45) is 0 Å². The van der Waals surface area contributed by atoms with Gasteiger partial charge in [-0.3, -0.25) is 19.3 Å². The lowest BCUT2D eigenvalue weighted by atomic mass is 10.1. The van der Waals surface area contributed by atoms with Crippen LogP contribution in [-0.2, 0) is 11.3 Å². The summed E-state index contributed by atoms with van der Waals surface area (Å²) in [4.78, 5) is 40.2. The van der Waals surface area contributed by atoms with Gasteiger partial charge in [0, 0.05) is 4.88 Å². The number of imide groups is 1. The quantitative estimate of drug-likeness (QED) is 0.757. The number of benzene rings is 1. The Labute approximate surface area is 154 Å². The van der Waals surface area contributed by atoms with Gasteiger partial charge in [0.05, 0.1) is 17.7 Å². The molecule has 0 radical (unpaired) electrons. The number of fused-ring (bicyclic) bond motifs is 1. The Hall–Kier alpha value is -2.12. The van der Waals surface area contributed by atoms with E-state index in [4.69, 9.17) is 0 Å². The van der Waals surface area contributed by atoms with Crippen molar-refractivity contribution in [3.8, 4) is 0 Å². The van der Waals surface area contributed by atoms with Crippen LogP contribution in [0, 0.1) is 0 Å². The van der Waals surface area contributed by atoms with Crippen molar-refractivity contribution in [2.45, 2.75) is 19.0 Å². The van der Waals surface area contributed by atoms with E-state index in [1.807, 2.05) is 23.8 Å². The molecular weight excluding hydrogens is 356 g/mol. The van der Waals surface area contributed by atoms with Gasteiger partial charge in [0.1, 0.15) is 6.04 Å². The normalized spacial score (nSPS) is 14.5. The monoisotopic (exact) mass is 374 g/mol. The lowest BCUT2D eigenvalue weighted by molar-refractivity contribution is -0.125. The third-order valence-corrected chi connectivity index (χ3v) is 5.57. The van der Waals surface area contributed by atoms with Gasteiger partial charge in [0.2, 0.25) is 5.91 Å². The molecule has 1 aromatic heterocycles. The summed E-state index contributed by atoms with van der Waals surface area (Å²) in [6.45, 7) is 0.398. The molecule has 0 spiro atoms. The highest BCUT2D eigenvalue weighted by Gasteiger charge is 2.42. The van der Waals surface area contributed by atoms with Crippen molar-refractivity contribution in [1.82, 2.24) is 10.2 Å². The first kappa shape index (κ1) is 17.7. The van der Waals surface area contributed by atoms with Gasteiger partial charge in [-0.1, -0.05) is 18.2 Å². The first-order chi connectivity index (χ1) is 12.1. The highest BCUT2D eigenvalue weighted by atomic mass is 32.2. The molecule has 7 heteroatoms. The van der Waals surface area contributed by atoms with E-state index in [9.17, 15) is 14.4 Å². The second-order valence-corrected chi connectivity index (χ2v) is 7.64. The molecule has 0 saturated carbocycles. The van der Waals surface area contributed by atoms with Crippen molar-refractivity contribution in [1.29, 1.82) is 0 Å². The zero-order valence-electron chi connectivity index (χ0n) is 13.7. The summed E-state index contributed by atoms with van der Waals surface area (Å²) in [5, 5.41) is 4.80. The van der Waals surface area contributed by atoms with Crippen LogP contribution in [-0.4, -0.2) is 40.7 Å². The van der Waals surface area contributed by atoms with E-state index in [-0.39, 0.29) is 5.91 Å². The minimum absolute atomic E-state index is 0.294. The van der Waals surface area contributed by atoms with Crippen molar-refractivity contribution in [3.05, 3.63) is 57.8 Å². The standard InChI is InChI=1S/C18H18N2O3S2/c1-24-10-8-15(16(21)19-11-12-5-4-9-25-12)20-17(22)13-6-2-3-7-14(13)18(20)23/h2-7,9,15H,8,10-11H2,1H3,(H,19,21)/t15-/m1/s1. The predicted molar refractivity (Wildman–Crippen MR) is 99.9 cm³/mol. The Balaban J connectivity index is 1.79. The van der Waals surface area contributed by atoms with Gasteiger partial charge in [-0.15, -0.1) is 11.3 Å². The number of thioether (sulfide) groups is 1. The highest BCUT2D eigenvalue weighted by Crippen LogP contribution is 2.26. The number of hydrogen-bond donors (Lipinski definition) is 1. The van der Waals surface area contributed by atoms with Gasteiger partial charge >= 0.3 is 0 Å². The zero-order valence-corrected chi connectivity index (χ0v) is 15.4. The lowest BCUT2D eigenvalue weighted by Crippen LogP contribution is -2.49. The van der Waals surface area contributed by atoms with Crippen molar-refractivity contribution >= 4 is 40.8 Å². The Kier molecular flexibility index (Phi) is 5.55. The van der Waals surface area contributed by atoms with Gasteiger partial charge in [0.15, 0.2) is 0 Å². The van der Waals surface area contributed by atoms with E-state index in [1.165, 1.54) is 0 Å². The van der Waals surface area contributed by atoms with Crippen LogP contribution in [0.1, 0.15) is 32.0 Å². The predicted octanol–water partition coefficient (Wildman–Crippen LogP) is 2.78. The molecule has 0 fully saturated rings. The van der Waals surface area contributed by atoms with Crippen molar-refractivity contribution < 1.29 is 14.4 Å². The molecule has 130 valence electrons. The number of amides is 3. The summed E-state index contributed by atoms with van der Waals surface area (Å²) in [6.07, 6.45) is 2.37. The third-order valence-electron chi connectivity index (χ3n) is 4.05. The van der Waals surface area contributed by atoms with E-state index in [0.29, 0.717) is 29.8 Å². The van der Waals surface area contributed by atoms with Gasteiger partial charge in [0.25, 0.3) is 11.8 Å². The molecule has 1 N–H and O–H groups in total. The van der Waals surface area contributed by atoms with E-state index in [2.05, 4.69) is 5.32 Å². The number of rotatable bonds is 7. The Morgan fingerprint density at radius 2 is 1.84 bits per heavy atom. The number of nitrogens with zero attached hydrogens (tertiary/aromatic N) is 1. The van der Waals surface area contributed by atoms with Crippen LogP contribution in [0.3, 0.4) is 0 Å². The van der Waals surface area contributed by atoms with Crippen LogP contribution < -0.4 is 5.32 Å². The van der Waals surface area contributed by atoms with E-state index in [0.717, 1.165) is 9.78 Å². The molecule has 1 aliphatic heterocycles. The fourth-order valence-corrected chi connectivity index (χ4v) is 3.91. The Bertz CT molecular complexity index is 754. The van der Waals surface area contributed by atoms with Gasteiger partial charge in [-0.2, -0.15) is 11.8 Å². The van der Waals surface area contributed by atoms with Crippen LogP contribution in [0.25, 0.3) is 0 Å². The Morgan fingerprint density at radius 3 is 2.40 bits per heavy atom. The minimum Gasteiger partial charge on any atom is -0.349 e. The van der Waals surface area contributed by atoms with Crippen molar-refractivity contribution in [3.63, 3.8) is 0 Å². The first-order valence-corrected chi connectivity index (χ1v) is 10.2. The maximum absolute atomic E-state index is 12.7. The molecule has 1 aliphatic rings. The SMILES string of the molecule is CSCC[C@H](C(=O)NCc1cccs1)N1C(=O)c2ccccc2C1=O. The average molecular weight is 374 g/mol. The number of thiophene rings is 1. The van der Waals surface area contributed by atoms with Crippen LogP contribution >= 0.6 is 23.1 Å². The highest BCUT2D eigenvalue weighted by molar-refractivity contribution is 7.98. The van der Waals surface area contributed by atoms with E-state index < -0.39 is 17.9 Å². The smallest absolute Gasteiger partial charge is 0.262 e. The van der Waals surface area contributed by atoms with Gasteiger partial charge in [-0.05, 0) is 42.0 Å². The topological polar surface area (TPSA) is 66.5 Å². The fraction of sp³-hybridized carbons (Fsp3) is 0.278. The molecule has 0 unspecified atom stereocenters. The van der Waals surface area contributed by atoms with Crippen LogP contribution in [0.4, 0.5) is 0 Å². The summed E-state index contributed by atoms with van der Waals surface area (Å²) in [7, 11) is 0. The number of nitrogens with one attached hydrogen (secondary N) is 1. The molecule has 0 saturated heterocycles. The van der Waals surface area contributed by atoms with Gasteiger partial charge in [-0.25, -0.2) is 0 Å². The molecule has 0 aliphatic carbocycles. The summed E-state index contributed by atoms with van der Waals surface area (Å²) >= 11 is 3.13. The Morgan fingerprint density at radius 1 is 1.16 bits per heavy atom. The van der Waals surface area contributed by atoms with Gasteiger partial charge < -0.3 is 5.32 Å². The lowest BCUT2D eigenvalue weighted by Gasteiger charge is -2.25. The minimum atomic E-state index is -0.792. The second-order valence-electron chi connectivity index (χ2n) is 5.62. The van der Waals surface area contributed by atoms with Crippen LogP contribution in [0.2, 0.25) is 0 Å². The number of carbonyl (C=O) groups excluding carboxylic acids is 3. The largest absolute Gasteiger partial charge is 0.349 e. The second kappa shape index (κ2) is 7.84. The fourth-order valence-electron chi connectivity index (χ4n) is 2.80. The summed E-state index contributed by atoms with van der Waals surface area (Å²) in [6, 6.07) is 9.77. The summed E-state index contributed by atoms with van der Waals surface area (Å²) in [5.74, 6) is -0.391. The van der Waals surface area contributed by atoms with E-state index in [1.54, 1.807) is 47.4 Å². The molecule has 1 aromatic carbocycles. The number of carbonyl (C=O) groups is 3.